The lowest BCUT2D eigenvalue weighted by Gasteiger charge is -2.29. The zero-order chi connectivity index (χ0) is 51.3. The van der Waals surface area contributed by atoms with Crippen molar-refractivity contribution in [3.63, 3.8) is 0 Å². The third-order valence-electron chi connectivity index (χ3n) is 13.5. The average molecular weight is 1010 g/mol. The summed E-state index contributed by atoms with van der Waals surface area (Å²) < 4.78 is 23.3. The van der Waals surface area contributed by atoms with Crippen molar-refractivity contribution in [3.8, 4) is 0 Å². The summed E-state index contributed by atoms with van der Waals surface area (Å²) in [5.41, 5.74) is 0. The predicted molar refractivity (Wildman–Crippen MR) is 302 cm³/mol. The Morgan fingerprint density at radius 1 is 0.486 bits per heavy atom. The number of quaternary nitrogens is 1. The number of phosphoric ester groups is 1. The van der Waals surface area contributed by atoms with E-state index in [0.29, 0.717) is 17.4 Å². The second-order valence-electron chi connectivity index (χ2n) is 21.7. The van der Waals surface area contributed by atoms with Gasteiger partial charge in [-0.25, -0.2) is 0 Å². The molecule has 70 heavy (non-hydrogen) atoms. The average Bonchev–Trinajstić information content (AvgIpc) is 3.32. The van der Waals surface area contributed by atoms with Crippen LogP contribution < -0.4 is 10.2 Å². The van der Waals surface area contributed by atoms with Crippen LogP contribution in [-0.4, -0.2) is 68.5 Å². The lowest BCUT2D eigenvalue weighted by Crippen LogP contribution is -2.45. The Morgan fingerprint density at radius 2 is 0.800 bits per heavy atom. The number of phosphoric acid groups is 1. The fraction of sp³-hybridized carbons (Fsp3) is 0.852. The summed E-state index contributed by atoms with van der Waals surface area (Å²) in [5.74, 6) is -0.209. The molecule has 3 atom stereocenters. The van der Waals surface area contributed by atoms with Gasteiger partial charge in [0, 0.05) is 6.42 Å². The van der Waals surface area contributed by atoms with E-state index in [9.17, 15) is 19.4 Å². The number of aliphatic hydroxyl groups is 1. The molecule has 0 fully saturated rings. The van der Waals surface area contributed by atoms with Crippen LogP contribution in [0.2, 0.25) is 0 Å². The van der Waals surface area contributed by atoms with E-state index in [1.165, 1.54) is 218 Å². The summed E-state index contributed by atoms with van der Waals surface area (Å²) in [5, 5.41) is 13.8. The number of amides is 1. The van der Waals surface area contributed by atoms with Gasteiger partial charge in [0.1, 0.15) is 13.2 Å². The van der Waals surface area contributed by atoms with Crippen LogP contribution in [0, 0.1) is 0 Å². The Labute approximate surface area is 435 Å². The topological polar surface area (TPSA) is 108 Å². The van der Waals surface area contributed by atoms with Gasteiger partial charge in [0.15, 0.2) is 0 Å². The maximum absolute atomic E-state index is 12.9. The highest BCUT2D eigenvalue weighted by molar-refractivity contribution is 7.45. The fourth-order valence-corrected chi connectivity index (χ4v) is 9.49. The number of carbonyl (C=O) groups is 1. The van der Waals surface area contributed by atoms with Gasteiger partial charge < -0.3 is 28.8 Å². The Balaban J connectivity index is 4.05. The molecule has 0 bridgehead atoms. The van der Waals surface area contributed by atoms with Crippen molar-refractivity contribution in [2.45, 2.75) is 296 Å². The zero-order valence-electron chi connectivity index (χ0n) is 47.0. The van der Waals surface area contributed by atoms with Crippen LogP contribution in [-0.2, 0) is 18.4 Å². The lowest BCUT2D eigenvalue weighted by molar-refractivity contribution is -0.870. The Morgan fingerprint density at radius 3 is 1.16 bits per heavy atom. The maximum atomic E-state index is 12.9. The molecule has 0 aliphatic heterocycles. The molecule has 0 heterocycles. The van der Waals surface area contributed by atoms with Crippen molar-refractivity contribution in [2.75, 3.05) is 40.9 Å². The summed E-state index contributed by atoms with van der Waals surface area (Å²) in [7, 11) is 1.24. The number of nitrogens with one attached hydrogen (secondary N) is 1. The lowest BCUT2D eigenvalue weighted by atomic mass is 10.0. The number of likely N-dealkylation sites (N-methyl/N-ethyl adjacent to an activating group) is 1. The van der Waals surface area contributed by atoms with Crippen LogP contribution in [0.5, 0.6) is 0 Å². The number of hydrogen-bond acceptors (Lipinski definition) is 6. The molecule has 2 N–H and O–H groups in total. The maximum Gasteiger partial charge on any atom is 0.268 e. The molecule has 3 unspecified atom stereocenters. The van der Waals surface area contributed by atoms with E-state index in [-0.39, 0.29) is 12.5 Å². The zero-order valence-corrected chi connectivity index (χ0v) is 47.9. The van der Waals surface area contributed by atoms with Gasteiger partial charge in [-0.15, -0.1) is 0 Å². The fourth-order valence-electron chi connectivity index (χ4n) is 8.77. The van der Waals surface area contributed by atoms with Crippen LogP contribution in [0.3, 0.4) is 0 Å². The number of carbonyl (C=O) groups excluding carboxylic acids is 1. The third-order valence-corrected chi connectivity index (χ3v) is 14.5. The monoisotopic (exact) mass is 1000 g/mol. The first-order chi connectivity index (χ1) is 34.0. The third kappa shape index (κ3) is 54.2. The molecule has 0 saturated carbocycles. The first kappa shape index (κ1) is 68.5. The standard InChI is InChI=1S/C61H117N2O6P/c1-6-8-10-12-14-16-18-20-22-23-24-25-26-27-28-29-30-31-32-33-34-35-36-37-38-39-41-43-45-47-49-51-53-55-61(65)62-59(58-69-70(66,67)68-57-56-63(3,4)5)60(64)54-52-50-48-46-44-42-40-21-19-17-15-13-11-9-7-2/h19,21,27-28,44,46,52,54,59-60,64H,6-18,20,22-26,29-43,45,47-51,53,55-58H2,1-5H3,(H-,62,65,66,67)/b21-19+,28-27-,46-44+,54-52+. The minimum atomic E-state index is -4.61. The summed E-state index contributed by atoms with van der Waals surface area (Å²) in [6.45, 7) is 4.63. The SMILES string of the molecule is CCCCCCC/C=C/CC/C=C/CC/C=C/C(O)C(COP(=O)([O-])OCC[N+](C)(C)C)NC(=O)CCCCCCCCCCCCCCCCCCC/C=C\CCCCCCCCCCCCCC. The molecule has 0 radical (unpaired) electrons. The minimum absolute atomic E-state index is 0.00875. The molecular weight excluding hydrogens is 888 g/mol. The van der Waals surface area contributed by atoms with E-state index in [0.717, 1.165) is 44.9 Å². The highest BCUT2D eigenvalue weighted by atomic mass is 31.2. The van der Waals surface area contributed by atoms with Crippen LogP contribution in [0.4, 0.5) is 0 Å². The Bertz CT molecular complexity index is 1280. The van der Waals surface area contributed by atoms with Gasteiger partial charge in [0.25, 0.3) is 7.82 Å². The van der Waals surface area contributed by atoms with Crippen molar-refractivity contribution < 1.29 is 32.9 Å². The van der Waals surface area contributed by atoms with E-state index >= 15 is 0 Å². The van der Waals surface area contributed by atoms with Gasteiger partial charge in [0.2, 0.25) is 5.91 Å². The molecular formula is C61H117N2O6P. The minimum Gasteiger partial charge on any atom is -0.756 e. The van der Waals surface area contributed by atoms with Crippen LogP contribution in [0.25, 0.3) is 0 Å². The quantitative estimate of drug-likeness (QED) is 0.0272. The van der Waals surface area contributed by atoms with Gasteiger partial charge in [-0.3, -0.25) is 9.36 Å². The molecule has 412 valence electrons. The highest BCUT2D eigenvalue weighted by Gasteiger charge is 2.23. The molecule has 0 spiro atoms. The van der Waals surface area contributed by atoms with Crippen molar-refractivity contribution in [1.82, 2.24) is 5.32 Å². The molecule has 8 nitrogen and oxygen atoms in total. The van der Waals surface area contributed by atoms with Gasteiger partial charge >= 0.3 is 0 Å². The van der Waals surface area contributed by atoms with Crippen molar-refractivity contribution in [1.29, 1.82) is 0 Å². The first-order valence-electron chi connectivity index (χ1n) is 30.0. The number of rotatable bonds is 55. The van der Waals surface area contributed by atoms with E-state index in [4.69, 9.17) is 9.05 Å². The van der Waals surface area contributed by atoms with Gasteiger partial charge in [-0.1, -0.05) is 255 Å². The number of unbranched alkanes of at least 4 members (excludes halogenated alkanes) is 36. The Hall–Kier alpha value is -1.54. The number of aliphatic hydroxyl groups excluding tert-OH is 1. The van der Waals surface area contributed by atoms with Gasteiger partial charge in [-0.2, -0.15) is 0 Å². The second kappa shape index (κ2) is 52.3. The molecule has 0 aromatic carbocycles. The van der Waals surface area contributed by atoms with Crippen molar-refractivity contribution >= 4 is 13.7 Å². The van der Waals surface area contributed by atoms with E-state index < -0.39 is 26.6 Å². The second-order valence-corrected chi connectivity index (χ2v) is 23.1. The molecule has 0 saturated heterocycles. The molecule has 0 aliphatic carbocycles. The van der Waals surface area contributed by atoms with Crippen LogP contribution in [0.1, 0.15) is 284 Å². The largest absolute Gasteiger partial charge is 0.756 e. The first-order valence-corrected chi connectivity index (χ1v) is 31.5. The molecule has 0 aromatic rings. The summed E-state index contributed by atoms with van der Waals surface area (Å²) in [6.07, 6.45) is 69.3. The van der Waals surface area contributed by atoms with E-state index in [2.05, 4.69) is 55.6 Å². The van der Waals surface area contributed by atoms with Crippen LogP contribution in [0.15, 0.2) is 48.6 Å². The highest BCUT2D eigenvalue weighted by Crippen LogP contribution is 2.38. The van der Waals surface area contributed by atoms with Crippen molar-refractivity contribution in [2.24, 2.45) is 0 Å². The molecule has 9 heteroatoms. The van der Waals surface area contributed by atoms with E-state index in [1.54, 1.807) is 6.08 Å². The summed E-state index contributed by atoms with van der Waals surface area (Å²) in [6, 6.07) is -0.909. The van der Waals surface area contributed by atoms with E-state index in [1.807, 2.05) is 27.2 Å². The van der Waals surface area contributed by atoms with Crippen molar-refractivity contribution in [3.05, 3.63) is 48.6 Å². The van der Waals surface area contributed by atoms with Gasteiger partial charge in [0.05, 0.1) is 39.9 Å². The normalized spacial score (nSPS) is 14.2. The predicted octanol–water partition coefficient (Wildman–Crippen LogP) is 17.7. The molecule has 0 rings (SSSR count). The van der Waals surface area contributed by atoms with Gasteiger partial charge in [-0.05, 0) is 70.6 Å². The summed E-state index contributed by atoms with van der Waals surface area (Å²) >= 11 is 0. The molecule has 0 aromatic heterocycles. The molecule has 0 aliphatic rings. The Kier molecular flexibility index (Phi) is 51.2. The number of allylic oxidation sites excluding steroid dienone is 7. The number of nitrogens with zero attached hydrogens (tertiary/aromatic N) is 1. The summed E-state index contributed by atoms with van der Waals surface area (Å²) in [4.78, 5) is 25.5. The smallest absolute Gasteiger partial charge is 0.268 e. The van der Waals surface area contributed by atoms with Crippen LogP contribution >= 0.6 is 7.82 Å². The number of hydrogen-bond donors (Lipinski definition) is 2. The molecule has 1 amide bonds.